The third-order valence-electron chi connectivity index (χ3n) is 3.83. The van der Waals surface area contributed by atoms with Crippen LogP contribution in [0.1, 0.15) is 24.8 Å². The summed E-state index contributed by atoms with van der Waals surface area (Å²) in [6.45, 7) is 0. The number of rotatable bonds is 3. The smallest absolute Gasteiger partial charge is 0.294 e. The Bertz CT molecular complexity index is 585. The van der Waals surface area contributed by atoms with E-state index in [-0.39, 0.29) is 22.6 Å². The number of hydrogen-bond acceptors (Lipinski definition) is 5. The van der Waals surface area contributed by atoms with Gasteiger partial charge in [-0.05, 0) is 36.6 Å². The van der Waals surface area contributed by atoms with Gasteiger partial charge in [0.25, 0.3) is 5.69 Å². The number of nitrogens with zero attached hydrogens (tertiary/aromatic N) is 1. The molecule has 1 fully saturated rings. The normalized spacial score (nSPS) is 21.3. The molecule has 2 aliphatic heterocycles. The molecule has 3 rings (SSSR count). The average molecular weight is 307 g/mol. The van der Waals surface area contributed by atoms with Gasteiger partial charge in [0.1, 0.15) is 5.69 Å². The van der Waals surface area contributed by atoms with Crippen LogP contribution in [-0.2, 0) is 11.2 Å². The van der Waals surface area contributed by atoms with Crippen LogP contribution < -0.4 is 10.6 Å². The summed E-state index contributed by atoms with van der Waals surface area (Å²) in [5.74, 6) is 2.06. The Kier molecular flexibility index (Phi) is 4.01. The zero-order chi connectivity index (χ0) is 14.8. The van der Waals surface area contributed by atoms with Crippen molar-refractivity contribution in [3.8, 4) is 0 Å². The predicted molar refractivity (Wildman–Crippen MR) is 84.0 cm³/mol. The fourth-order valence-electron chi connectivity index (χ4n) is 2.76. The first-order chi connectivity index (χ1) is 10.1. The number of nitro benzene ring substituents is 1. The van der Waals surface area contributed by atoms with Gasteiger partial charge in [0, 0.05) is 24.3 Å². The maximum absolute atomic E-state index is 11.4. The van der Waals surface area contributed by atoms with E-state index < -0.39 is 0 Å². The molecule has 112 valence electrons. The van der Waals surface area contributed by atoms with Crippen molar-refractivity contribution in [2.75, 3.05) is 22.1 Å². The van der Waals surface area contributed by atoms with Crippen molar-refractivity contribution in [1.29, 1.82) is 0 Å². The van der Waals surface area contributed by atoms with Crippen LogP contribution in [0.25, 0.3) is 0 Å². The Hall–Kier alpha value is -1.76. The Labute approximate surface area is 126 Å². The molecule has 7 heteroatoms. The van der Waals surface area contributed by atoms with E-state index in [1.165, 1.54) is 6.07 Å². The number of fused-ring (bicyclic) bond motifs is 1. The van der Waals surface area contributed by atoms with Gasteiger partial charge in [-0.25, -0.2) is 0 Å². The molecule has 0 saturated carbocycles. The van der Waals surface area contributed by atoms with Gasteiger partial charge in [-0.1, -0.05) is 0 Å². The summed E-state index contributed by atoms with van der Waals surface area (Å²) < 4.78 is 0. The largest absolute Gasteiger partial charge is 0.376 e. The Balaban J connectivity index is 1.90. The van der Waals surface area contributed by atoms with Crippen molar-refractivity contribution in [3.05, 3.63) is 27.8 Å². The highest BCUT2D eigenvalue weighted by atomic mass is 32.2. The van der Waals surface area contributed by atoms with Gasteiger partial charge < -0.3 is 10.6 Å². The van der Waals surface area contributed by atoms with E-state index in [4.69, 9.17) is 0 Å². The molecule has 1 aromatic carbocycles. The topological polar surface area (TPSA) is 84.3 Å². The highest BCUT2D eigenvalue weighted by Crippen LogP contribution is 2.35. The molecule has 0 spiro atoms. The van der Waals surface area contributed by atoms with Crippen LogP contribution in [-0.4, -0.2) is 28.4 Å². The lowest BCUT2D eigenvalue weighted by molar-refractivity contribution is -0.383. The summed E-state index contributed by atoms with van der Waals surface area (Å²) in [4.78, 5) is 22.3. The van der Waals surface area contributed by atoms with Crippen molar-refractivity contribution >= 4 is 34.7 Å². The van der Waals surface area contributed by atoms with Crippen LogP contribution in [0.15, 0.2) is 12.1 Å². The standard InChI is InChI=1S/C14H17N3O3S/c18-14-4-3-9-6-12(15-10-2-1-5-21-8-10)13(17(19)20)7-11(9)16-14/h6-7,10,15H,1-5,8H2,(H,16,18). The fraction of sp³-hybridized carbons (Fsp3) is 0.500. The number of nitro groups is 1. The van der Waals surface area contributed by atoms with Crippen molar-refractivity contribution in [2.24, 2.45) is 0 Å². The molecular weight excluding hydrogens is 290 g/mol. The zero-order valence-electron chi connectivity index (χ0n) is 11.6. The molecule has 2 aliphatic rings. The van der Waals surface area contributed by atoms with E-state index >= 15 is 0 Å². The van der Waals surface area contributed by atoms with Gasteiger partial charge in [-0.15, -0.1) is 0 Å². The van der Waals surface area contributed by atoms with E-state index in [0.29, 0.717) is 24.2 Å². The van der Waals surface area contributed by atoms with Gasteiger partial charge in [-0.2, -0.15) is 11.8 Å². The van der Waals surface area contributed by atoms with Gasteiger partial charge in [0.2, 0.25) is 5.91 Å². The zero-order valence-corrected chi connectivity index (χ0v) is 12.4. The number of benzene rings is 1. The molecule has 1 atom stereocenters. The second-order valence-electron chi connectivity index (χ2n) is 5.39. The number of carbonyl (C=O) groups is 1. The maximum atomic E-state index is 11.4. The van der Waals surface area contributed by atoms with Crippen molar-refractivity contribution in [1.82, 2.24) is 0 Å². The minimum Gasteiger partial charge on any atom is -0.376 e. The van der Waals surface area contributed by atoms with Crippen LogP contribution in [0.2, 0.25) is 0 Å². The van der Waals surface area contributed by atoms with Crippen molar-refractivity contribution < 1.29 is 9.72 Å². The molecule has 0 aliphatic carbocycles. The minimum atomic E-state index is -0.390. The second-order valence-corrected chi connectivity index (χ2v) is 6.54. The average Bonchev–Trinajstić information content (AvgIpc) is 2.47. The number of carbonyl (C=O) groups excluding carboxylic acids is 1. The van der Waals surface area contributed by atoms with Crippen LogP contribution in [0.3, 0.4) is 0 Å². The van der Waals surface area contributed by atoms with Crippen LogP contribution in [0.4, 0.5) is 17.1 Å². The number of aryl methyl sites for hydroxylation is 1. The van der Waals surface area contributed by atoms with Gasteiger partial charge >= 0.3 is 0 Å². The SMILES string of the molecule is O=C1CCc2cc(NC3CCCSC3)c([N+](=O)[O-])cc2N1. The molecule has 6 nitrogen and oxygen atoms in total. The highest BCUT2D eigenvalue weighted by molar-refractivity contribution is 7.99. The van der Waals surface area contributed by atoms with E-state index in [1.807, 2.05) is 17.8 Å². The molecule has 1 unspecified atom stereocenters. The lowest BCUT2D eigenvalue weighted by atomic mass is 10.0. The molecule has 0 aromatic heterocycles. The van der Waals surface area contributed by atoms with Crippen LogP contribution in [0.5, 0.6) is 0 Å². The van der Waals surface area contributed by atoms with Crippen molar-refractivity contribution in [3.63, 3.8) is 0 Å². The van der Waals surface area contributed by atoms with E-state index in [1.54, 1.807) is 0 Å². The highest BCUT2D eigenvalue weighted by Gasteiger charge is 2.24. The number of amides is 1. The Morgan fingerprint density at radius 1 is 1.38 bits per heavy atom. The summed E-state index contributed by atoms with van der Waals surface area (Å²) in [5, 5.41) is 17.3. The maximum Gasteiger partial charge on any atom is 0.294 e. The molecule has 0 radical (unpaired) electrons. The third kappa shape index (κ3) is 3.12. The van der Waals surface area contributed by atoms with Gasteiger partial charge in [0.15, 0.2) is 0 Å². The Morgan fingerprint density at radius 2 is 2.24 bits per heavy atom. The summed E-state index contributed by atoms with van der Waals surface area (Å²) in [5.41, 5.74) is 2.14. The summed E-state index contributed by atoms with van der Waals surface area (Å²) >= 11 is 1.88. The molecular formula is C14H17N3O3S. The fourth-order valence-corrected chi connectivity index (χ4v) is 3.83. The Morgan fingerprint density at radius 3 is 2.95 bits per heavy atom. The number of nitrogens with one attached hydrogen (secondary N) is 2. The van der Waals surface area contributed by atoms with E-state index in [0.717, 1.165) is 29.9 Å². The predicted octanol–water partition coefficient (Wildman–Crippen LogP) is 2.79. The summed E-state index contributed by atoms with van der Waals surface area (Å²) in [6.07, 6.45) is 3.24. The number of anilines is 2. The summed E-state index contributed by atoms with van der Waals surface area (Å²) in [7, 11) is 0. The van der Waals surface area contributed by atoms with Gasteiger partial charge in [0.05, 0.1) is 10.6 Å². The molecule has 0 bridgehead atoms. The van der Waals surface area contributed by atoms with Crippen molar-refractivity contribution in [2.45, 2.75) is 31.7 Å². The second kappa shape index (κ2) is 5.93. The monoisotopic (exact) mass is 307 g/mol. The van der Waals surface area contributed by atoms with E-state index in [2.05, 4.69) is 10.6 Å². The van der Waals surface area contributed by atoms with E-state index in [9.17, 15) is 14.9 Å². The third-order valence-corrected chi connectivity index (χ3v) is 5.05. The first kappa shape index (κ1) is 14.2. The number of hydrogen-bond donors (Lipinski definition) is 2. The summed E-state index contributed by atoms with van der Waals surface area (Å²) in [6, 6.07) is 3.58. The molecule has 1 aromatic rings. The molecule has 2 N–H and O–H groups in total. The molecule has 1 amide bonds. The molecule has 21 heavy (non-hydrogen) atoms. The quantitative estimate of drug-likeness (QED) is 0.662. The minimum absolute atomic E-state index is 0.0338. The lowest BCUT2D eigenvalue weighted by Crippen LogP contribution is -2.26. The van der Waals surface area contributed by atoms with Crippen LogP contribution >= 0.6 is 11.8 Å². The molecule has 1 saturated heterocycles. The first-order valence-corrected chi connectivity index (χ1v) is 8.24. The number of thioether (sulfide) groups is 1. The molecule has 2 heterocycles. The first-order valence-electron chi connectivity index (χ1n) is 7.09. The lowest BCUT2D eigenvalue weighted by Gasteiger charge is -2.25. The van der Waals surface area contributed by atoms with Crippen LogP contribution in [0, 0.1) is 10.1 Å². The van der Waals surface area contributed by atoms with Gasteiger partial charge in [-0.3, -0.25) is 14.9 Å².